The Kier molecular flexibility index (Phi) is 1.56. The summed E-state index contributed by atoms with van der Waals surface area (Å²) in [6.07, 6.45) is 0. The highest BCUT2D eigenvalue weighted by molar-refractivity contribution is 5.42. The molecule has 0 atom stereocenters. The van der Waals surface area contributed by atoms with Crippen LogP contribution in [0.4, 0.5) is 4.70 Å². The van der Waals surface area contributed by atoms with Crippen molar-refractivity contribution < 1.29 is 14.9 Å². The van der Waals surface area contributed by atoms with E-state index in [1.807, 2.05) is 0 Å². The van der Waals surface area contributed by atoms with Gasteiger partial charge in [-0.1, -0.05) is 0 Å². The van der Waals surface area contributed by atoms with Crippen molar-refractivity contribution in [2.45, 2.75) is 0 Å². The van der Waals surface area contributed by atoms with Gasteiger partial charge in [0.15, 0.2) is 0 Å². The van der Waals surface area contributed by atoms with Crippen LogP contribution in [0.2, 0.25) is 0 Å². The van der Waals surface area contributed by atoms with Crippen molar-refractivity contribution in [2.24, 2.45) is 0 Å². The van der Waals surface area contributed by atoms with Crippen molar-refractivity contribution in [3.63, 3.8) is 0 Å². The Labute approximate surface area is 48.1 Å². The molecule has 1 aromatic rings. The molecule has 5 heteroatoms. The van der Waals surface area contributed by atoms with Crippen LogP contribution >= 0.6 is 0 Å². The molecular weight excluding hydrogens is 131 g/mol. The molecule has 1 aromatic carbocycles. The first-order chi connectivity index (χ1) is 3.64. The number of hydrogen-bond donors (Lipinski definition) is 2. The molecule has 0 unspecified atom stereocenters. The largest absolute Gasteiger partial charge is 0.501 e. The highest BCUT2D eigenvalue weighted by Crippen LogP contribution is 2.13. The van der Waals surface area contributed by atoms with Crippen molar-refractivity contribution >= 4 is 0 Å². The number of hydrogen-bond acceptors (Lipinski definition) is 4. The van der Waals surface area contributed by atoms with Crippen LogP contribution in [0.15, 0.2) is 9.59 Å². The van der Waals surface area contributed by atoms with Crippen LogP contribution in [0.5, 0.6) is 11.5 Å². The molecule has 0 bridgehead atoms. The first kappa shape index (κ1) is 7.61. The summed E-state index contributed by atoms with van der Waals surface area (Å²) in [5.74, 6) is -1.65. The minimum absolute atomic E-state index is 0. The van der Waals surface area contributed by atoms with Gasteiger partial charge in [-0.2, -0.15) is 0 Å². The average molecular weight is 134 g/mol. The second-order valence-electron chi connectivity index (χ2n) is 1.36. The zero-order valence-electron chi connectivity index (χ0n) is 4.12. The molecule has 0 aliphatic heterocycles. The van der Waals surface area contributed by atoms with Gasteiger partial charge in [0.25, 0.3) is 10.9 Å². The van der Waals surface area contributed by atoms with Crippen LogP contribution in [0.25, 0.3) is 0 Å². The van der Waals surface area contributed by atoms with E-state index >= 15 is 0 Å². The van der Waals surface area contributed by atoms with Gasteiger partial charge in [-0.15, -0.1) is 0 Å². The standard InChI is InChI=1S/C4H2O4.FH/c5-1-2(6)4(8)3(1)7;/h5-6H;1H. The van der Waals surface area contributed by atoms with Gasteiger partial charge in [-0.25, -0.2) is 0 Å². The third kappa shape index (κ3) is 0.658. The fourth-order valence-corrected chi connectivity index (χ4v) is 0.368. The Morgan fingerprint density at radius 3 is 1.22 bits per heavy atom. The van der Waals surface area contributed by atoms with Crippen LogP contribution in [0.3, 0.4) is 0 Å². The lowest BCUT2D eigenvalue weighted by atomic mass is 10.2. The number of rotatable bonds is 0. The van der Waals surface area contributed by atoms with Crippen molar-refractivity contribution in [1.29, 1.82) is 0 Å². The molecule has 50 valence electrons. The maximum atomic E-state index is 9.95. The van der Waals surface area contributed by atoms with E-state index < -0.39 is 22.4 Å². The maximum Gasteiger partial charge on any atom is 0.275 e. The predicted molar refractivity (Wildman–Crippen MR) is 27.2 cm³/mol. The first-order valence-electron chi connectivity index (χ1n) is 1.86. The quantitative estimate of drug-likeness (QED) is 0.439. The molecule has 0 saturated carbocycles. The summed E-state index contributed by atoms with van der Waals surface area (Å²) in [6.45, 7) is 0. The van der Waals surface area contributed by atoms with Crippen molar-refractivity contribution in [3.8, 4) is 11.5 Å². The molecule has 0 saturated heterocycles. The third-order valence-corrected chi connectivity index (χ3v) is 0.861. The molecule has 0 heterocycles. The lowest BCUT2D eigenvalue weighted by Crippen LogP contribution is -2.28. The van der Waals surface area contributed by atoms with E-state index in [1.165, 1.54) is 0 Å². The molecule has 0 aromatic heterocycles. The summed E-state index contributed by atoms with van der Waals surface area (Å²) in [5.41, 5.74) is -2.02. The second-order valence-corrected chi connectivity index (χ2v) is 1.36. The summed E-state index contributed by atoms with van der Waals surface area (Å²) in [5, 5.41) is 16.4. The SMILES string of the molecule is F.O=c1c(O)c(O)c1=O. The molecule has 4 nitrogen and oxygen atoms in total. The average Bonchev–Trinajstić information content (AvgIpc) is 1.83. The minimum Gasteiger partial charge on any atom is -0.501 e. The topological polar surface area (TPSA) is 74.6 Å². The molecule has 2 N–H and O–H groups in total. The summed E-state index contributed by atoms with van der Waals surface area (Å²) in [7, 11) is 0. The van der Waals surface area contributed by atoms with E-state index in [0.717, 1.165) is 0 Å². The van der Waals surface area contributed by atoms with Crippen LogP contribution in [0.1, 0.15) is 0 Å². The highest BCUT2D eigenvalue weighted by atomic mass is 19.0. The zero-order chi connectivity index (χ0) is 6.31. The fraction of sp³-hybridized carbons (Fsp3) is 0. The molecule has 0 amide bonds. The summed E-state index contributed by atoms with van der Waals surface area (Å²) >= 11 is 0. The Morgan fingerprint density at radius 1 is 0.889 bits per heavy atom. The maximum absolute atomic E-state index is 9.95. The van der Waals surface area contributed by atoms with Gasteiger partial charge in [0.1, 0.15) is 0 Å². The first-order valence-corrected chi connectivity index (χ1v) is 1.86. The van der Waals surface area contributed by atoms with Crippen molar-refractivity contribution in [2.75, 3.05) is 0 Å². The van der Waals surface area contributed by atoms with Crippen LogP contribution in [-0.2, 0) is 0 Å². The van der Waals surface area contributed by atoms with Gasteiger partial charge in [0, 0.05) is 0 Å². The van der Waals surface area contributed by atoms with Crippen molar-refractivity contribution in [1.82, 2.24) is 0 Å². The molecule has 1 rings (SSSR count). The predicted octanol–water partition coefficient (Wildman–Crippen LogP) is -1.15. The van der Waals surface area contributed by atoms with Gasteiger partial charge >= 0.3 is 0 Å². The Balaban J connectivity index is 0.000000640. The molecule has 0 aliphatic rings. The van der Waals surface area contributed by atoms with Gasteiger partial charge in [-0.05, 0) is 0 Å². The molecular formula is C4H3FO4. The van der Waals surface area contributed by atoms with Gasteiger partial charge in [0.05, 0.1) is 0 Å². The Hall–Kier alpha value is -1.39. The summed E-state index contributed by atoms with van der Waals surface area (Å²) in [6, 6.07) is 0. The lowest BCUT2D eigenvalue weighted by molar-refractivity contribution is 0.384. The van der Waals surface area contributed by atoms with Gasteiger partial charge in [0.2, 0.25) is 11.5 Å². The van der Waals surface area contributed by atoms with E-state index in [0.29, 0.717) is 0 Å². The van der Waals surface area contributed by atoms with E-state index in [2.05, 4.69) is 0 Å². The third-order valence-electron chi connectivity index (χ3n) is 0.861. The van der Waals surface area contributed by atoms with Crippen LogP contribution in [-0.4, -0.2) is 10.2 Å². The van der Waals surface area contributed by atoms with E-state index in [1.54, 1.807) is 0 Å². The van der Waals surface area contributed by atoms with Gasteiger partial charge in [-0.3, -0.25) is 14.3 Å². The Morgan fingerprint density at radius 2 is 1.11 bits per heavy atom. The second kappa shape index (κ2) is 1.85. The van der Waals surface area contributed by atoms with Crippen molar-refractivity contribution in [3.05, 3.63) is 20.4 Å². The highest BCUT2D eigenvalue weighted by Gasteiger charge is 2.17. The molecule has 0 radical (unpaired) electrons. The Bertz CT molecular complexity index is 253. The monoisotopic (exact) mass is 134 g/mol. The smallest absolute Gasteiger partial charge is 0.275 e. The summed E-state index contributed by atoms with van der Waals surface area (Å²) in [4.78, 5) is 19.9. The number of halogens is 1. The summed E-state index contributed by atoms with van der Waals surface area (Å²) < 4.78 is 0. The lowest BCUT2D eigenvalue weighted by Gasteiger charge is -1.92. The van der Waals surface area contributed by atoms with E-state index in [-0.39, 0.29) is 4.70 Å². The van der Waals surface area contributed by atoms with Gasteiger partial charge < -0.3 is 10.2 Å². The van der Waals surface area contributed by atoms with Crippen LogP contribution in [0, 0.1) is 0 Å². The van der Waals surface area contributed by atoms with E-state index in [9.17, 15) is 9.59 Å². The van der Waals surface area contributed by atoms with Crippen LogP contribution < -0.4 is 10.9 Å². The fourth-order valence-electron chi connectivity index (χ4n) is 0.368. The normalized spacial score (nSPS) is 8.89. The van der Waals surface area contributed by atoms with E-state index in [4.69, 9.17) is 10.2 Å². The molecule has 0 spiro atoms. The zero-order valence-corrected chi connectivity index (χ0v) is 4.12. The molecule has 0 aliphatic carbocycles. The minimum atomic E-state index is -1.01. The molecule has 0 fully saturated rings. The molecule has 9 heavy (non-hydrogen) atoms. The number of aromatic hydroxyl groups is 2.